The molecule has 0 aliphatic rings. The number of carboxylic acids is 1. The Kier molecular flexibility index (Phi) is 3.38. The molecule has 6 heteroatoms. The van der Waals surface area contributed by atoms with Crippen LogP contribution in [0.1, 0.15) is 27.0 Å². The van der Waals surface area contributed by atoms with E-state index in [1.54, 1.807) is 24.3 Å². The molecular formula is C12H10N2O3S. The number of ketones is 1. The van der Waals surface area contributed by atoms with Crippen molar-refractivity contribution in [1.82, 2.24) is 4.98 Å². The molecule has 0 radical (unpaired) electrons. The smallest absolute Gasteiger partial charge is 0.347 e. The molecule has 0 spiro atoms. The summed E-state index contributed by atoms with van der Waals surface area (Å²) in [6.45, 7) is 1.49. The molecule has 1 aromatic carbocycles. The highest BCUT2D eigenvalue weighted by molar-refractivity contribution is 7.17. The van der Waals surface area contributed by atoms with E-state index in [2.05, 4.69) is 10.3 Å². The van der Waals surface area contributed by atoms with Crippen LogP contribution >= 0.6 is 11.3 Å². The lowest BCUT2D eigenvalue weighted by Gasteiger charge is -2.03. The molecule has 0 aliphatic heterocycles. The summed E-state index contributed by atoms with van der Waals surface area (Å²) in [5.74, 6) is -1.03. The summed E-state index contributed by atoms with van der Waals surface area (Å²) < 4.78 is 0. The molecule has 0 unspecified atom stereocenters. The number of hydrogen-bond acceptors (Lipinski definition) is 5. The van der Waals surface area contributed by atoms with Crippen LogP contribution in [0.4, 0.5) is 10.8 Å². The maximum Gasteiger partial charge on any atom is 0.347 e. The van der Waals surface area contributed by atoms with Gasteiger partial charge in [-0.3, -0.25) is 4.79 Å². The van der Waals surface area contributed by atoms with Crippen molar-refractivity contribution >= 4 is 33.9 Å². The largest absolute Gasteiger partial charge is 0.477 e. The Morgan fingerprint density at radius 2 is 2.17 bits per heavy atom. The van der Waals surface area contributed by atoms with Crippen molar-refractivity contribution < 1.29 is 14.7 Å². The van der Waals surface area contributed by atoms with E-state index in [0.717, 1.165) is 11.3 Å². The van der Waals surface area contributed by atoms with Gasteiger partial charge >= 0.3 is 5.97 Å². The molecule has 0 aliphatic carbocycles. The highest BCUT2D eigenvalue weighted by Crippen LogP contribution is 2.23. The van der Waals surface area contributed by atoms with Crippen molar-refractivity contribution in [3.8, 4) is 0 Å². The summed E-state index contributed by atoms with van der Waals surface area (Å²) in [6.07, 6.45) is 1.30. The Morgan fingerprint density at radius 1 is 1.39 bits per heavy atom. The van der Waals surface area contributed by atoms with Crippen molar-refractivity contribution in [3.63, 3.8) is 0 Å². The monoisotopic (exact) mass is 262 g/mol. The molecule has 0 saturated carbocycles. The maximum atomic E-state index is 11.2. The zero-order valence-corrected chi connectivity index (χ0v) is 10.3. The molecular weight excluding hydrogens is 252 g/mol. The molecule has 1 aromatic heterocycles. The normalized spacial score (nSPS) is 10.1. The molecule has 0 atom stereocenters. The van der Waals surface area contributed by atoms with E-state index in [4.69, 9.17) is 5.11 Å². The van der Waals surface area contributed by atoms with Gasteiger partial charge in [-0.05, 0) is 19.1 Å². The van der Waals surface area contributed by atoms with Crippen molar-refractivity contribution in [2.24, 2.45) is 0 Å². The van der Waals surface area contributed by atoms with Crippen molar-refractivity contribution in [3.05, 3.63) is 40.9 Å². The van der Waals surface area contributed by atoms with Gasteiger partial charge in [0.25, 0.3) is 0 Å². The summed E-state index contributed by atoms with van der Waals surface area (Å²) in [5, 5.41) is 12.2. The molecule has 92 valence electrons. The molecule has 2 aromatic rings. The molecule has 18 heavy (non-hydrogen) atoms. The number of carboxylic acid groups (broad SMARTS) is 1. The van der Waals surface area contributed by atoms with Crippen molar-refractivity contribution in [2.75, 3.05) is 5.32 Å². The van der Waals surface area contributed by atoms with Crippen LogP contribution in [0, 0.1) is 0 Å². The lowest BCUT2D eigenvalue weighted by Crippen LogP contribution is -1.94. The molecule has 1 heterocycles. The number of nitrogens with zero attached hydrogens (tertiary/aromatic N) is 1. The first-order chi connectivity index (χ1) is 8.56. The third-order valence-electron chi connectivity index (χ3n) is 2.24. The number of Topliss-reactive ketones (excluding diaryl/α,β-unsaturated/α-hetero) is 1. The Labute approximate surface area is 107 Å². The predicted molar refractivity (Wildman–Crippen MR) is 68.8 cm³/mol. The summed E-state index contributed by atoms with van der Waals surface area (Å²) in [7, 11) is 0. The number of anilines is 2. The number of aromatic carboxylic acids is 1. The van der Waals surface area contributed by atoms with E-state index in [-0.39, 0.29) is 10.7 Å². The Morgan fingerprint density at radius 3 is 2.78 bits per heavy atom. The molecule has 2 rings (SSSR count). The fraction of sp³-hybridized carbons (Fsp3) is 0.0833. The maximum absolute atomic E-state index is 11.2. The van der Waals surface area contributed by atoms with Gasteiger partial charge in [0.15, 0.2) is 10.9 Å². The van der Waals surface area contributed by atoms with Crippen LogP contribution in [0.5, 0.6) is 0 Å². The van der Waals surface area contributed by atoms with Crippen LogP contribution in [0.25, 0.3) is 0 Å². The summed E-state index contributed by atoms with van der Waals surface area (Å²) >= 11 is 1.04. The van der Waals surface area contributed by atoms with Gasteiger partial charge in [-0.25, -0.2) is 9.78 Å². The fourth-order valence-electron chi connectivity index (χ4n) is 1.37. The van der Waals surface area contributed by atoms with E-state index >= 15 is 0 Å². The molecule has 5 nitrogen and oxygen atoms in total. The predicted octanol–water partition coefficient (Wildman–Crippen LogP) is 2.79. The fourth-order valence-corrected chi connectivity index (χ4v) is 2.05. The van der Waals surface area contributed by atoms with Gasteiger partial charge in [-0.2, -0.15) is 0 Å². The lowest BCUT2D eigenvalue weighted by molar-refractivity contribution is 0.0701. The van der Waals surface area contributed by atoms with Crippen molar-refractivity contribution in [1.29, 1.82) is 0 Å². The van der Waals surface area contributed by atoms with Gasteiger partial charge < -0.3 is 10.4 Å². The highest BCUT2D eigenvalue weighted by Gasteiger charge is 2.08. The zero-order valence-electron chi connectivity index (χ0n) is 9.51. The minimum Gasteiger partial charge on any atom is -0.477 e. The number of carbonyl (C=O) groups is 2. The van der Waals surface area contributed by atoms with E-state index in [1.807, 2.05) is 0 Å². The number of carbonyl (C=O) groups excluding carboxylic acids is 1. The summed E-state index contributed by atoms with van der Waals surface area (Å²) in [5.41, 5.74) is 1.30. The Hall–Kier alpha value is -2.21. The van der Waals surface area contributed by atoms with E-state index in [1.165, 1.54) is 13.1 Å². The average Bonchev–Trinajstić information content (AvgIpc) is 2.78. The molecule has 0 fully saturated rings. The Balaban J connectivity index is 2.20. The SMILES string of the molecule is CC(=O)c1cccc(Nc2ncc(C(=O)O)s2)c1. The van der Waals surface area contributed by atoms with E-state index in [9.17, 15) is 9.59 Å². The minimum absolute atomic E-state index is 0.0241. The van der Waals surface area contributed by atoms with Gasteiger partial charge in [-0.1, -0.05) is 23.5 Å². The van der Waals surface area contributed by atoms with E-state index in [0.29, 0.717) is 16.4 Å². The summed E-state index contributed by atoms with van der Waals surface area (Å²) in [4.78, 5) is 26.0. The van der Waals surface area contributed by atoms with Crippen molar-refractivity contribution in [2.45, 2.75) is 6.92 Å². The molecule has 0 bridgehead atoms. The third-order valence-corrected chi connectivity index (χ3v) is 3.14. The van der Waals surface area contributed by atoms with Gasteiger partial charge in [0.05, 0.1) is 6.20 Å². The van der Waals surface area contributed by atoms with Gasteiger partial charge in [0.1, 0.15) is 4.88 Å². The number of aromatic nitrogens is 1. The summed E-state index contributed by atoms with van der Waals surface area (Å²) in [6, 6.07) is 6.96. The van der Waals surface area contributed by atoms with Crippen LogP contribution < -0.4 is 5.32 Å². The number of nitrogens with one attached hydrogen (secondary N) is 1. The van der Waals surface area contributed by atoms with Crippen LogP contribution in [0.15, 0.2) is 30.5 Å². The first kappa shape index (κ1) is 12.3. The minimum atomic E-state index is -1.00. The molecule has 2 N–H and O–H groups in total. The molecule has 0 saturated heterocycles. The van der Waals surface area contributed by atoms with E-state index < -0.39 is 5.97 Å². The number of thiazole rings is 1. The standard InChI is InChI=1S/C12H10N2O3S/c1-7(15)8-3-2-4-9(5-8)14-12-13-6-10(18-12)11(16)17/h2-6H,1H3,(H,13,14)(H,16,17). The van der Waals surface area contributed by atoms with Gasteiger partial charge in [0, 0.05) is 11.3 Å². The van der Waals surface area contributed by atoms with Crippen LogP contribution in [0.2, 0.25) is 0 Å². The number of hydrogen-bond donors (Lipinski definition) is 2. The van der Waals surface area contributed by atoms with Gasteiger partial charge in [-0.15, -0.1) is 0 Å². The molecule has 0 amide bonds. The second kappa shape index (κ2) is 4.97. The number of rotatable bonds is 4. The lowest BCUT2D eigenvalue weighted by atomic mass is 10.1. The first-order valence-corrected chi connectivity index (χ1v) is 5.95. The quantitative estimate of drug-likeness (QED) is 0.828. The zero-order chi connectivity index (χ0) is 13.1. The van der Waals surface area contributed by atoms with Gasteiger partial charge in [0.2, 0.25) is 0 Å². The second-order valence-electron chi connectivity index (χ2n) is 3.60. The van der Waals surface area contributed by atoms with Crippen LogP contribution in [0.3, 0.4) is 0 Å². The Bertz CT molecular complexity index is 607. The van der Waals surface area contributed by atoms with Crippen LogP contribution in [-0.4, -0.2) is 21.8 Å². The second-order valence-corrected chi connectivity index (χ2v) is 4.63. The topological polar surface area (TPSA) is 79.3 Å². The third kappa shape index (κ3) is 2.72. The van der Waals surface area contributed by atoms with Crippen LogP contribution in [-0.2, 0) is 0 Å². The first-order valence-electron chi connectivity index (χ1n) is 5.13. The number of benzene rings is 1. The average molecular weight is 262 g/mol. The highest BCUT2D eigenvalue weighted by atomic mass is 32.1.